The topological polar surface area (TPSA) is 39.2 Å². The van der Waals surface area contributed by atoms with Crippen LogP contribution in [0.15, 0.2) is 22.9 Å². The first-order valence-corrected chi connectivity index (χ1v) is 6.36. The fourth-order valence-corrected chi connectivity index (χ4v) is 2.39. The molecule has 0 bridgehead atoms. The molecule has 1 aromatic rings. The van der Waals surface area contributed by atoms with Crippen molar-refractivity contribution >= 4 is 21.9 Å². The molecular formula is C12H14BrNO2. The molecule has 16 heavy (non-hydrogen) atoms. The van der Waals surface area contributed by atoms with E-state index in [1.165, 1.54) is 12.8 Å². The number of aromatic nitrogens is 1. The molecule has 0 atom stereocenters. The van der Waals surface area contributed by atoms with Gasteiger partial charge in [0.2, 0.25) is 0 Å². The van der Waals surface area contributed by atoms with E-state index in [-0.39, 0.29) is 5.97 Å². The lowest BCUT2D eigenvalue weighted by Gasteiger charge is -2.09. The van der Waals surface area contributed by atoms with Gasteiger partial charge in [0.1, 0.15) is 4.60 Å². The summed E-state index contributed by atoms with van der Waals surface area (Å²) in [4.78, 5) is 15.7. The lowest BCUT2D eigenvalue weighted by Crippen LogP contribution is -2.12. The number of rotatable bonds is 3. The van der Waals surface area contributed by atoms with Gasteiger partial charge in [0.05, 0.1) is 0 Å². The van der Waals surface area contributed by atoms with Crippen molar-refractivity contribution in [2.75, 3.05) is 0 Å². The second-order valence-electron chi connectivity index (χ2n) is 4.12. The van der Waals surface area contributed by atoms with Crippen LogP contribution < -0.4 is 4.74 Å². The smallest absolute Gasteiger partial charge is 0.311 e. The Morgan fingerprint density at radius 2 is 2.25 bits per heavy atom. The Bertz CT molecular complexity index is 375. The van der Waals surface area contributed by atoms with E-state index in [9.17, 15) is 4.79 Å². The van der Waals surface area contributed by atoms with Crippen LogP contribution in [0.5, 0.6) is 5.75 Å². The molecule has 3 nitrogen and oxygen atoms in total. The molecular weight excluding hydrogens is 270 g/mol. The van der Waals surface area contributed by atoms with E-state index < -0.39 is 0 Å². The third-order valence-corrected chi connectivity index (χ3v) is 3.47. The minimum Gasteiger partial charge on any atom is -0.424 e. The summed E-state index contributed by atoms with van der Waals surface area (Å²) in [6, 6.07) is 3.49. The number of ether oxygens (including phenoxy) is 1. The van der Waals surface area contributed by atoms with Crippen LogP contribution in [-0.4, -0.2) is 11.0 Å². The van der Waals surface area contributed by atoms with E-state index in [2.05, 4.69) is 20.9 Å². The second-order valence-corrected chi connectivity index (χ2v) is 4.87. The monoisotopic (exact) mass is 283 g/mol. The van der Waals surface area contributed by atoms with Crippen LogP contribution in [0.1, 0.15) is 32.1 Å². The number of esters is 1. The number of hydrogen-bond acceptors (Lipinski definition) is 3. The molecule has 0 aromatic carbocycles. The van der Waals surface area contributed by atoms with Gasteiger partial charge >= 0.3 is 5.97 Å². The molecule has 0 amide bonds. The summed E-state index contributed by atoms with van der Waals surface area (Å²) in [7, 11) is 0. The quantitative estimate of drug-likeness (QED) is 0.631. The predicted octanol–water partition coefficient (Wildman–Crippen LogP) is 3.33. The average molecular weight is 284 g/mol. The average Bonchev–Trinajstić information content (AvgIpc) is 2.74. The molecule has 0 saturated heterocycles. The Hall–Kier alpha value is -0.900. The van der Waals surface area contributed by atoms with E-state index in [0.717, 1.165) is 12.8 Å². The number of halogens is 1. The molecule has 1 fully saturated rings. The van der Waals surface area contributed by atoms with Gasteiger partial charge in [-0.1, -0.05) is 12.8 Å². The molecule has 2 rings (SSSR count). The van der Waals surface area contributed by atoms with Gasteiger partial charge in [-0.25, -0.2) is 4.98 Å². The maximum Gasteiger partial charge on any atom is 0.311 e. The highest BCUT2D eigenvalue weighted by Gasteiger charge is 2.20. The fourth-order valence-electron chi connectivity index (χ4n) is 2.06. The third kappa shape index (κ3) is 3.04. The molecule has 0 N–H and O–H groups in total. The minimum absolute atomic E-state index is 0.152. The Kier molecular flexibility index (Phi) is 3.93. The summed E-state index contributed by atoms with van der Waals surface area (Å²) in [6.45, 7) is 0. The van der Waals surface area contributed by atoms with Gasteiger partial charge in [-0.3, -0.25) is 4.79 Å². The summed E-state index contributed by atoms with van der Waals surface area (Å²) in [5.41, 5.74) is 0. The summed E-state index contributed by atoms with van der Waals surface area (Å²) >= 11 is 3.25. The SMILES string of the molecule is O=C(CC1CCCC1)Oc1cccnc1Br. The zero-order valence-corrected chi connectivity index (χ0v) is 10.6. The molecule has 0 radical (unpaired) electrons. The first-order valence-electron chi connectivity index (χ1n) is 5.57. The molecule has 0 aliphatic heterocycles. The number of carbonyl (C=O) groups excluding carboxylic acids is 1. The van der Waals surface area contributed by atoms with E-state index in [0.29, 0.717) is 22.7 Å². The number of carbonyl (C=O) groups is 1. The Labute approximate surface area is 103 Å². The van der Waals surface area contributed by atoms with E-state index in [4.69, 9.17) is 4.74 Å². The summed E-state index contributed by atoms with van der Waals surface area (Å²) in [5.74, 6) is 0.869. The number of pyridine rings is 1. The normalized spacial score (nSPS) is 16.3. The third-order valence-electron chi connectivity index (χ3n) is 2.88. The number of nitrogens with zero attached hydrogens (tertiary/aromatic N) is 1. The maximum atomic E-state index is 11.6. The molecule has 86 valence electrons. The van der Waals surface area contributed by atoms with Crippen LogP contribution in [0, 0.1) is 5.92 Å². The minimum atomic E-state index is -0.152. The van der Waals surface area contributed by atoms with Crippen molar-refractivity contribution in [1.82, 2.24) is 4.98 Å². The highest BCUT2D eigenvalue weighted by atomic mass is 79.9. The maximum absolute atomic E-state index is 11.6. The molecule has 1 aliphatic rings. The van der Waals surface area contributed by atoms with Crippen molar-refractivity contribution in [2.24, 2.45) is 5.92 Å². The largest absolute Gasteiger partial charge is 0.424 e. The van der Waals surface area contributed by atoms with Gasteiger partial charge in [-0.15, -0.1) is 0 Å². The Balaban J connectivity index is 1.89. The van der Waals surface area contributed by atoms with Crippen LogP contribution in [0.2, 0.25) is 0 Å². The standard InChI is InChI=1S/C12H14BrNO2/c13-12-10(6-3-7-14-12)16-11(15)8-9-4-1-2-5-9/h3,6-7,9H,1-2,4-5,8H2. The lowest BCUT2D eigenvalue weighted by molar-refractivity contribution is -0.135. The highest BCUT2D eigenvalue weighted by molar-refractivity contribution is 9.10. The van der Waals surface area contributed by atoms with Gasteiger partial charge in [0.15, 0.2) is 5.75 Å². The predicted molar refractivity (Wildman–Crippen MR) is 64.1 cm³/mol. The van der Waals surface area contributed by atoms with Gasteiger partial charge in [0, 0.05) is 12.6 Å². The molecule has 1 aliphatic carbocycles. The van der Waals surface area contributed by atoms with E-state index in [1.807, 2.05) is 0 Å². The molecule has 4 heteroatoms. The van der Waals surface area contributed by atoms with Gasteiger partial charge in [-0.05, 0) is 46.8 Å². The molecule has 0 spiro atoms. The zero-order valence-electron chi connectivity index (χ0n) is 8.99. The van der Waals surface area contributed by atoms with Crippen molar-refractivity contribution in [3.8, 4) is 5.75 Å². The second kappa shape index (κ2) is 5.43. The van der Waals surface area contributed by atoms with Crippen molar-refractivity contribution in [1.29, 1.82) is 0 Å². The summed E-state index contributed by atoms with van der Waals surface area (Å²) in [6.07, 6.45) is 6.98. The van der Waals surface area contributed by atoms with Crippen LogP contribution in [0.25, 0.3) is 0 Å². The van der Waals surface area contributed by atoms with E-state index >= 15 is 0 Å². The lowest BCUT2D eigenvalue weighted by atomic mass is 10.0. The Morgan fingerprint density at radius 1 is 1.50 bits per heavy atom. The number of hydrogen-bond donors (Lipinski definition) is 0. The summed E-state index contributed by atoms with van der Waals surface area (Å²) in [5, 5.41) is 0. The van der Waals surface area contributed by atoms with Crippen LogP contribution in [0.4, 0.5) is 0 Å². The van der Waals surface area contributed by atoms with E-state index in [1.54, 1.807) is 18.3 Å². The van der Waals surface area contributed by atoms with Crippen molar-refractivity contribution in [2.45, 2.75) is 32.1 Å². The van der Waals surface area contributed by atoms with Gasteiger partial charge < -0.3 is 4.74 Å². The van der Waals surface area contributed by atoms with Crippen LogP contribution in [0.3, 0.4) is 0 Å². The van der Waals surface area contributed by atoms with Gasteiger partial charge in [0.25, 0.3) is 0 Å². The first kappa shape index (κ1) is 11.6. The summed E-state index contributed by atoms with van der Waals surface area (Å²) < 4.78 is 5.84. The first-order chi connectivity index (χ1) is 7.75. The Morgan fingerprint density at radius 3 is 2.94 bits per heavy atom. The zero-order chi connectivity index (χ0) is 11.4. The van der Waals surface area contributed by atoms with Gasteiger partial charge in [-0.2, -0.15) is 0 Å². The molecule has 1 saturated carbocycles. The fraction of sp³-hybridized carbons (Fsp3) is 0.500. The van der Waals surface area contributed by atoms with Crippen LogP contribution >= 0.6 is 15.9 Å². The van der Waals surface area contributed by atoms with Crippen molar-refractivity contribution in [3.63, 3.8) is 0 Å². The van der Waals surface area contributed by atoms with Crippen molar-refractivity contribution < 1.29 is 9.53 Å². The molecule has 1 heterocycles. The molecule has 1 aromatic heterocycles. The van der Waals surface area contributed by atoms with Crippen LogP contribution in [-0.2, 0) is 4.79 Å². The van der Waals surface area contributed by atoms with Crippen molar-refractivity contribution in [3.05, 3.63) is 22.9 Å². The highest BCUT2D eigenvalue weighted by Crippen LogP contribution is 2.28. The molecule has 0 unspecified atom stereocenters.